The maximum absolute atomic E-state index is 4.76. The summed E-state index contributed by atoms with van der Waals surface area (Å²) in [6.07, 6.45) is 3.61. The first-order valence-corrected chi connectivity index (χ1v) is 9.64. The first-order chi connectivity index (χ1) is 12.7. The highest BCUT2D eigenvalue weighted by Gasteiger charge is 2.10. The standard InChI is InChI=1S/C20H14Br2N4/c21-16-8-5-9-17(22)20(16)24-12-18-15-7-1-2-10-19(15)26(25-18)13-14-6-3-4-11-23-14/h1-12H,13H2/b24-12+. The van der Waals surface area contributed by atoms with Crippen molar-refractivity contribution in [3.63, 3.8) is 0 Å². The van der Waals surface area contributed by atoms with Gasteiger partial charge in [0.15, 0.2) is 0 Å². The molecule has 0 fully saturated rings. The van der Waals surface area contributed by atoms with Crippen molar-refractivity contribution < 1.29 is 0 Å². The number of rotatable bonds is 4. The molecule has 4 nitrogen and oxygen atoms in total. The van der Waals surface area contributed by atoms with E-state index in [1.54, 1.807) is 6.20 Å². The largest absolute Gasteiger partial charge is 0.259 e. The predicted octanol–water partition coefficient (Wildman–Crippen LogP) is 5.76. The van der Waals surface area contributed by atoms with Crippen LogP contribution in [0, 0.1) is 0 Å². The van der Waals surface area contributed by atoms with E-state index in [1.807, 2.05) is 59.4 Å². The third-order valence-electron chi connectivity index (χ3n) is 3.98. The smallest absolute Gasteiger partial charge is 0.111 e. The Kier molecular flexibility index (Phi) is 4.95. The lowest BCUT2D eigenvalue weighted by molar-refractivity contribution is 0.695. The molecule has 0 aliphatic carbocycles. The van der Waals surface area contributed by atoms with Crippen LogP contribution in [0.3, 0.4) is 0 Å². The number of para-hydroxylation sites is 2. The summed E-state index contributed by atoms with van der Waals surface area (Å²) in [5.74, 6) is 0. The number of nitrogens with zero attached hydrogens (tertiary/aromatic N) is 4. The number of benzene rings is 2. The summed E-state index contributed by atoms with van der Waals surface area (Å²) < 4.78 is 3.83. The summed E-state index contributed by atoms with van der Waals surface area (Å²) >= 11 is 7.08. The van der Waals surface area contributed by atoms with Crippen LogP contribution in [0.1, 0.15) is 11.4 Å². The highest BCUT2D eigenvalue weighted by Crippen LogP contribution is 2.33. The molecule has 128 valence electrons. The second kappa shape index (κ2) is 7.51. The minimum absolute atomic E-state index is 0.619. The van der Waals surface area contributed by atoms with Crippen molar-refractivity contribution in [1.82, 2.24) is 14.8 Å². The Morgan fingerprint density at radius 3 is 2.46 bits per heavy atom. The van der Waals surface area contributed by atoms with Crippen LogP contribution in [0.15, 0.2) is 80.8 Å². The Balaban J connectivity index is 1.75. The van der Waals surface area contributed by atoms with Gasteiger partial charge in [-0.05, 0) is 62.2 Å². The van der Waals surface area contributed by atoms with E-state index in [2.05, 4.69) is 54.0 Å². The van der Waals surface area contributed by atoms with E-state index < -0.39 is 0 Å². The lowest BCUT2D eigenvalue weighted by Gasteiger charge is -2.02. The van der Waals surface area contributed by atoms with Crippen LogP contribution < -0.4 is 0 Å². The molecule has 0 N–H and O–H groups in total. The van der Waals surface area contributed by atoms with E-state index in [9.17, 15) is 0 Å². The SMILES string of the molecule is Brc1cccc(Br)c1/N=C/c1nn(Cc2ccccn2)c2ccccc12. The molecule has 0 aliphatic heterocycles. The molecule has 0 saturated carbocycles. The third kappa shape index (κ3) is 3.48. The second-order valence-corrected chi connectivity index (χ2v) is 7.42. The van der Waals surface area contributed by atoms with Crippen LogP contribution in [-0.2, 0) is 6.54 Å². The van der Waals surface area contributed by atoms with Gasteiger partial charge in [-0.2, -0.15) is 5.10 Å². The molecular formula is C20H14Br2N4. The van der Waals surface area contributed by atoms with Crippen LogP contribution in [0.4, 0.5) is 5.69 Å². The molecule has 2 aromatic carbocycles. The van der Waals surface area contributed by atoms with Gasteiger partial charge in [0.2, 0.25) is 0 Å². The number of fused-ring (bicyclic) bond motifs is 1. The molecule has 2 aromatic heterocycles. The van der Waals surface area contributed by atoms with Gasteiger partial charge in [-0.1, -0.05) is 30.3 Å². The highest BCUT2D eigenvalue weighted by molar-refractivity contribution is 9.11. The molecule has 0 bridgehead atoms. The van der Waals surface area contributed by atoms with Crippen LogP contribution in [0.2, 0.25) is 0 Å². The number of hydrogen-bond acceptors (Lipinski definition) is 3. The average Bonchev–Trinajstić information content (AvgIpc) is 3.00. The van der Waals surface area contributed by atoms with E-state index >= 15 is 0 Å². The van der Waals surface area contributed by atoms with Gasteiger partial charge in [0.05, 0.1) is 29.7 Å². The fourth-order valence-corrected chi connectivity index (χ4v) is 3.96. The maximum Gasteiger partial charge on any atom is 0.111 e. The summed E-state index contributed by atoms with van der Waals surface area (Å²) in [7, 11) is 0. The first kappa shape index (κ1) is 17.1. The van der Waals surface area contributed by atoms with Crippen LogP contribution in [-0.4, -0.2) is 21.0 Å². The maximum atomic E-state index is 4.76. The highest BCUT2D eigenvalue weighted by atomic mass is 79.9. The van der Waals surface area contributed by atoms with Crippen molar-refractivity contribution in [3.05, 3.63) is 87.2 Å². The van der Waals surface area contributed by atoms with Crippen molar-refractivity contribution in [2.45, 2.75) is 6.54 Å². The summed E-state index contributed by atoms with van der Waals surface area (Å²) in [4.78, 5) is 9.04. The Morgan fingerprint density at radius 1 is 0.923 bits per heavy atom. The molecule has 0 spiro atoms. The molecule has 0 saturated heterocycles. The van der Waals surface area contributed by atoms with Crippen molar-refractivity contribution in [3.8, 4) is 0 Å². The van der Waals surface area contributed by atoms with Crippen LogP contribution in [0.25, 0.3) is 10.9 Å². The number of aromatic nitrogens is 3. The van der Waals surface area contributed by atoms with E-state index in [4.69, 9.17) is 5.10 Å². The summed E-state index contributed by atoms with van der Waals surface area (Å²) in [6, 6.07) is 20.0. The van der Waals surface area contributed by atoms with Gasteiger partial charge in [0, 0.05) is 20.5 Å². The zero-order valence-corrected chi connectivity index (χ0v) is 16.9. The van der Waals surface area contributed by atoms with Crippen LogP contribution >= 0.6 is 31.9 Å². The van der Waals surface area contributed by atoms with E-state index in [0.717, 1.165) is 36.9 Å². The molecule has 6 heteroatoms. The topological polar surface area (TPSA) is 43.1 Å². The zero-order chi connectivity index (χ0) is 17.9. The van der Waals surface area contributed by atoms with Gasteiger partial charge in [0.1, 0.15) is 5.69 Å². The second-order valence-electron chi connectivity index (χ2n) is 5.71. The van der Waals surface area contributed by atoms with Gasteiger partial charge in [-0.3, -0.25) is 14.7 Å². The molecule has 26 heavy (non-hydrogen) atoms. The van der Waals surface area contributed by atoms with Gasteiger partial charge in [0.25, 0.3) is 0 Å². The van der Waals surface area contributed by atoms with Crippen molar-refractivity contribution >= 4 is 54.7 Å². The minimum atomic E-state index is 0.619. The molecule has 0 unspecified atom stereocenters. The number of pyridine rings is 1. The summed E-state index contributed by atoms with van der Waals surface area (Å²) in [5.41, 5.74) is 3.71. The predicted molar refractivity (Wildman–Crippen MR) is 112 cm³/mol. The zero-order valence-electron chi connectivity index (χ0n) is 13.7. The quantitative estimate of drug-likeness (QED) is 0.357. The number of aliphatic imine (C=N–C) groups is 1. The van der Waals surface area contributed by atoms with Crippen molar-refractivity contribution in [2.24, 2.45) is 4.99 Å². The molecule has 0 aliphatic rings. The van der Waals surface area contributed by atoms with Crippen molar-refractivity contribution in [2.75, 3.05) is 0 Å². The van der Waals surface area contributed by atoms with Gasteiger partial charge >= 0.3 is 0 Å². The van der Waals surface area contributed by atoms with Gasteiger partial charge in [-0.15, -0.1) is 0 Å². The third-order valence-corrected chi connectivity index (χ3v) is 5.26. The fourth-order valence-electron chi connectivity index (χ4n) is 2.75. The molecule has 0 atom stereocenters. The summed E-state index contributed by atoms with van der Waals surface area (Å²) in [6.45, 7) is 0.619. The monoisotopic (exact) mass is 468 g/mol. The van der Waals surface area contributed by atoms with Gasteiger partial charge < -0.3 is 0 Å². The van der Waals surface area contributed by atoms with E-state index in [0.29, 0.717) is 6.54 Å². The van der Waals surface area contributed by atoms with Crippen molar-refractivity contribution in [1.29, 1.82) is 0 Å². The van der Waals surface area contributed by atoms with Crippen LogP contribution in [0.5, 0.6) is 0 Å². The molecule has 4 aromatic rings. The number of halogens is 2. The Bertz CT molecular complexity index is 1070. The normalized spacial score (nSPS) is 11.5. The molecule has 0 amide bonds. The fraction of sp³-hybridized carbons (Fsp3) is 0.0500. The Hall–Kier alpha value is -2.31. The van der Waals surface area contributed by atoms with E-state index in [1.165, 1.54) is 0 Å². The first-order valence-electron chi connectivity index (χ1n) is 8.06. The minimum Gasteiger partial charge on any atom is -0.259 e. The Labute approximate surface area is 167 Å². The summed E-state index contributed by atoms with van der Waals surface area (Å²) in [5, 5.41) is 5.82. The average molecular weight is 470 g/mol. The Morgan fingerprint density at radius 2 is 1.69 bits per heavy atom. The molecular weight excluding hydrogens is 456 g/mol. The number of hydrogen-bond donors (Lipinski definition) is 0. The van der Waals surface area contributed by atoms with Gasteiger partial charge in [-0.25, -0.2) is 0 Å². The molecule has 2 heterocycles. The lowest BCUT2D eigenvalue weighted by atomic mass is 10.2. The molecule has 4 rings (SSSR count). The van der Waals surface area contributed by atoms with E-state index in [-0.39, 0.29) is 0 Å². The molecule has 0 radical (unpaired) electrons. The lowest BCUT2D eigenvalue weighted by Crippen LogP contribution is -2.03.